The van der Waals surface area contributed by atoms with E-state index in [0.29, 0.717) is 22.4 Å². The van der Waals surface area contributed by atoms with E-state index >= 15 is 0 Å². The van der Waals surface area contributed by atoms with Crippen molar-refractivity contribution in [3.05, 3.63) is 15.6 Å². The summed E-state index contributed by atoms with van der Waals surface area (Å²) >= 11 is 1.12. The molecule has 1 aromatic heterocycles. The first-order valence-corrected chi connectivity index (χ1v) is 6.97. The molecule has 2 heterocycles. The predicted octanol–water partition coefficient (Wildman–Crippen LogP) is 2.94. The number of alkyl halides is 3. The smallest absolute Gasteiger partial charge is 0.381 e. The molecule has 1 fully saturated rings. The van der Waals surface area contributed by atoms with Crippen molar-refractivity contribution in [2.75, 3.05) is 26.8 Å². The summed E-state index contributed by atoms with van der Waals surface area (Å²) in [6, 6.07) is 0. The van der Waals surface area contributed by atoms with Crippen LogP contribution in [0.4, 0.5) is 13.2 Å². The number of nitrogens with zero attached hydrogens (tertiary/aromatic N) is 2. The van der Waals surface area contributed by atoms with Gasteiger partial charge in [0.15, 0.2) is 5.69 Å². The number of aryl methyl sites for hydroxylation is 1. The average molecular weight is 294 g/mol. The van der Waals surface area contributed by atoms with E-state index in [2.05, 4.69) is 4.98 Å². The Morgan fingerprint density at radius 3 is 2.79 bits per heavy atom. The maximum absolute atomic E-state index is 12.8. The van der Waals surface area contributed by atoms with Gasteiger partial charge < -0.3 is 9.64 Å². The van der Waals surface area contributed by atoms with Gasteiger partial charge >= 0.3 is 6.18 Å². The molecule has 0 radical (unpaired) electrons. The standard InChI is InChI=1S/C12H17F3N2OS/c1-8-16-11(12(13,14)15)10(19-8)6-17(2)5-9-3-4-18-7-9/h9H,3-7H2,1-2H3. The molecule has 2 rings (SSSR count). The van der Waals surface area contributed by atoms with Gasteiger partial charge in [-0.25, -0.2) is 4.98 Å². The van der Waals surface area contributed by atoms with Crippen LogP contribution in [0.2, 0.25) is 0 Å². The third-order valence-corrected chi connectivity index (χ3v) is 4.04. The monoisotopic (exact) mass is 294 g/mol. The van der Waals surface area contributed by atoms with Crippen molar-refractivity contribution in [2.45, 2.75) is 26.1 Å². The second-order valence-electron chi connectivity index (χ2n) is 4.93. The van der Waals surface area contributed by atoms with Crippen LogP contribution in [0, 0.1) is 12.8 Å². The van der Waals surface area contributed by atoms with E-state index in [4.69, 9.17) is 4.74 Å². The highest BCUT2D eigenvalue weighted by Crippen LogP contribution is 2.34. The van der Waals surface area contributed by atoms with E-state index in [1.807, 2.05) is 11.9 Å². The topological polar surface area (TPSA) is 25.4 Å². The van der Waals surface area contributed by atoms with Crippen LogP contribution < -0.4 is 0 Å². The van der Waals surface area contributed by atoms with Crippen LogP contribution in [0.1, 0.15) is 22.0 Å². The maximum Gasteiger partial charge on any atom is 0.434 e. The normalized spacial score (nSPS) is 20.4. The minimum Gasteiger partial charge on any atom is -0.381 e. The van der Waals surface area contributed by atoms with Crippen molar-refractivity contribution in [3.8, 4) is 0 Å². The number of rotatable bonds is 4. The molecule has 0 saturated carbocycles. The summed E-state index contributed by atoms with van der Waals surface area (Å²) in [6.07, 6.45) is -3.38. The first-order valence-electron chi connectivity index (χ1n) is 6.16. The third-order valence-electron chi connectivity index (χ3n) is 3.08. The lowest BCUT2D eigenvalue weighted by Gasteiger charge is -2.19. The molecule has 0 amide bonds. The SMILES string of the molecule is Cc1nc(C(F)(F)F)c(CN(C)CC2CCOC2)s1. The van der Waals surface area contributed by atoms with Crippen molar-refractivity contribution in [1.82, 2.24) is 9.88 Å². The Labute approximate surface area is 114 Å². The quantitative estimate of drug-likeness (QED) is 0.853. The molecule has 0 N–H and O–H groups in total. The van der Waals surface area contributed by atoms with E-state index in [-0.39, 0.29) is 6.54 Å². The summed E-state index contributed by atoms with van der Waals surface area (Å²) in [5.41, 5.74) is -0.732. The van der Waals surface area contributed by atoms with Crippen molar-refractivity contribution < 1.29 is 17.9 Å². The molecule has 1 atom stereocenters. The second-order valence-corrected chi connectivity index (χ2v) is 6.22. The van der Waals surface area contributed by atoms with E-state index in [1.54, 1.807) is 6.92 Å². The fraction of sp³-hybridized carbons (Fsp3) is 0.750. The van der Waals surface area contributed by atoms with Crippen molar-refractivity contribution >= 4 is 11.3 Å². The molecule has 19 heavy (non-hydrogen) atoms. The van der Waals surface area contributed by atoms with Gasteiger partial charge in [0.2, 0.25) is 0 Å². The maximum atomic E-state index is 12.8. The van der Waals surface area contributed by atoms with Crippen molar-refractivity contribution in [2.24, 2.45) is 5.92 Å². The van der Waals surface area contributed by atoms with Crippen molar-refractivity contribution in [3.63, 3.8) is 0 Å². The van der Waals surface area contributed by atoms with Gasteiger partial charge in [0, 0.05) is 19.7 Å². The highest BCUT2D eigenvalue weighted by molar-refractivity contribution is 7.11. The lowest BCUT2D eigenvalue weighted by atomic mass is 10.1. The zero-order chi connectivity index (χ0) is 14.0. The number of halogens is 3. The molecule has 1 unspecified atom stereocenters. The molecule has 0 bridgehead atoms. The van der Waals surface area contributed by atoms with Crippen LogP contribution in [0.15, 0.2) is 0 Å². The largest absolute Gasteiger partial charge is 0.434 e. The van der Waals surface area contributed by atoms with Crippen molar-refractivity contribution in [1.29, 1.82) is 0 Å². The fourth-order valence-corrected chi connectivity index (χ4v) is 3.31. The van der Waals surface area contributed by atoms with Crippen LogP contribution in [0.3, 0.4) is 0 Å². The fourth-order valence-electron chi connectivity index (χ4n) is 2.28. The van der Waals surface area contributed by atoms with Crippen LogP contribution in [-0.2, 0) is 17.5 Å². The first-order chi connectivity index (χ1) is 8.86. The van der Waals surface area contributed by atoms with Gasteiger partial charge in [-0.1, -0.05) is 0 Å². The number of thiazole rings is 1. The summed E-state index contributed by atoms with van der Waals surface area (Å²) in [5.74, 6) is 0.424. The third kappa shape index (κ3) is 3.90. The molecular weight excluding hydrogens is 277 g/mol. The van der Waals surface area contributed by atoms with Crippen LogP contribution in [0.25, 0.3) is 0 Å². The molecule has 0 aromatic carbocycles. The second kappa shape index (κ2) is 5.76. The Balaban J connectivity index is 2.01. The van der Waals surface area contributed by atoms with E-state index in [0.717, 1.165) is 30.9 Å². The van der Waals surface area contributed by atoms with Gasteiger partial charge in [-0.05, 0) is 26.3 Å². The van der Waals surface area contributed by atoms with E-state index in [9.17, 15) is 13.2 Å². The molecule has 1 aliphatic heterocycles. The average Bonchev–Trinajstić information content (AvgIpc) is 2.87. The Morgan fingerprint density at radius 1 is 1.47 bits per heavy atom. The number of hydrogen-bond acceptors (Lipinski definition) is 4. The van der Waals surface area contributed by atoms with Gasteiger partial charge in [0.1, 0.15) is 0 Å². The first kappa shape index (κ1) is 14.7. The Hall–Kier alpha value is -0.660. The number of ether oxygens (including phenoxy) is 1. The Kier molecular flexibility index (Phi) is 4.47. The van der Waals surface area contributed by atoms with E-state index < -0.39 is 11.9 Å². The highest BCUT2D eigenvalue weighted by Gasteiger charge is 2.37. The summed E-state index contributed by atoms with van der Waals surface area (Å²) in [6.45, 7) is 4.11. The molecule has 1 aliphatic rings. The van der Waals surface area contributed by atoms with Crippen LogP contribution in [-0.4, -0.2) is 36.7 Å². The lowest BCUT2D eigenvalue weighted by molar-refractivity contribution is -0.141. The van der Waals surface area contributed by atoms with E-state index in [1.165, 1.54) is 0 Å². The Bertz CT molecular complexity index is 427. The zero-order valence-electron chi connectivity index (χ0n) is 11.0. The van der Waals surface area contributed by atoms with Gasteiger partial charge in [0.05, 0.1) is 16.5 Å². The van der Waals surface area contributed by atoms with Gasteiger partial charge in [-0.3, -0.25) is 0 Å². The number of hydrogen-bond donors (Lipinski definition) is 0. The summed E-state index contributed by atoms with van der Waals surface area (Å²) in [5, 5.41) is 0.458. The highest BCUT2D eigenvalue weighted by atomic mass is 32.1. The van der Waals surface area contributed by atoms with Crippen LogP contribution >= 0.6 is 11.3 Å². The Morgan fingerprint density at radius 2 is 2.21 bits per heavy atom. The molecule has 1 aromatic rings. The van der Waals surface area contributed by atoms with Crippen LogP contribution in [0.5, 0.6) is 0 Å². The number of aromatic nitrogens is 1. The van der Waals surface area contributed by atoms with Gasteiger partial charge in [-0.2, -0.15) is 13.2 Å². The minimum atomic E-state index is -4.36. The predicted molar refractivity (Wildman–Crippen MR) is 67.1 cm³/mol. The summed E-state index contributed by atoms with van der Waals surface area (Å²) < 4.78 is 43.7. The molecule has 0 aliphatic carbocycles. The molecule has 108 valence electrons. The zero-order valence-corrected chi connectivity index (χ0v) is 11.8. The summed E-state index contributed by atoms with van der Waals surface area (Å²) in [7, 11) is 1.84. The molecule has 7 heteroatoms. The molecule has 3 nitrogen and oxygen atoms in total. The molecule has 0 spiro atoms. The molecular formula is C12H17F3N2OS. The minimum absolute atomic E-state index is 0.289. The lowest BCUT2D eigenvalue weighted by Crippen LogP contribution is -2.26. The van der Waals surface area contributed by atoms with Gasteiger partial charge in [-0.15, -0.1) is 11.3 Å². The molecule has 1 saturated heterocycles. The van der Waals surface area contributed by atoms with Gasteiger partial charge in [0.25, 0.3) is 0 Å². The summed E-state index contributed by atoms with van der Waals surface area (Å²) in [4.78, 5) is 5.82.